The van der Waals surface area contributed by atoms with Crippen LogP contribution in [0.4, 0.5) is 17.6 Å². The van der Waals surface area contributed by atoms with Crippen LogP contribution in [0.3, 0.4) is 0 Å². The van der Waals surface area contributed by atoms with Crippen LogP contribution < -0.4 is 10.5 Å². The average Bonchev–Trinajstić information content (AvgIpc) is 2.16. The van der Waals surface area contributed by atoms with Gasteiger partial charge in [0.15, 0.2) is 0 Å². The first-order valence-electron chi connectivity index (χ1n) is 4.09. The van der Waals surface area contributed by atoms with E-state index in [1.54, 1.807) is 0 Å². The van der Waals surface area contributed by atoms with Gasteiger partial charge in [-0.25, -0.2) is 8.78 Å². The fraction of sp³-hybridized carbons (Fsp3) is 0.333. The van der Waals surface area contributed by atoms with Gasteiger partial charge in [-0.15, -0.1) is 0 Å². The normalized spacial score (nSPS) is 13.3. The van der Waals surface area contributed by atoms with Gasteiger partial charge in [0, 0.05) is 0 Å². The standard InChI is InChI=1S/C9H9F4NO/c10-8(11)7(14)5-2-1-3-6(4-5)15-9(12)13/h1-4,7-9H,14H2/t7-/m0/s1. The summed E-state index contributed by atoms with van der Waals surface area (Å²) in [6.45, 7) is -2.98. The van der Waals surface area contributed by atoms with E-state index in [2.05, 4.69) is 4.74 Å². The van der Waals surface area contributed by atoms with Crippen molar-refractivity contribution in [2.24, 2.45) is 5.73 Å². The van der Waals surface area contributed by atoms with Gasteiger partial charge in [0.05, 0.1) is 6.04 Å². The zero-order valence-electron chi connectivity index (χ0n) is 7.54. The van der Waals surface area contributed by atoms with E-state index in [-0.39, 0.29) is 11.3 Å². The van der Waals surface area contributed by atoms with Crippen molar-refractivity contribution in [3.63, 3.8) is 0 Å². The first-order valence-corrected chi connectivity index (χ1v) is 4.09. The predicted molar refractivity (Wildman–Crippen MR) is 46.0 cm³/mol. The van der Waals surface area contributed by atoms with Crippen LogP contribution in [0.1, 0.15) is 11.6 Å². The second-order valence-electron chi connectivity index (χ2n) is 2.81. The molecule has 15 heavy (non-hydrogen) atoms. The molecule has 1 aromatic rings. The van der Waals surface area contributed by atoms with Crippen LogP contribution in [0.25, 0.3) is 0 Å². The SMILES string of the molecule is N[C@@H](c1cccc(OC(F)F)c1)C(F)F. The zero-order chi connectivity index (χ0) is 11.4. The van der Waals surface area contributed by atoms with Crippen molar-refractivity contribution >= 4 is 0 Å². The third-order valence-corrected chi connectivity index (χ3v) is 1.74. The molecule has 0 unspecified atom stereocenters. The summed E-state index contributed by atoms with van der Waals surface area (Å²) < 4.78 is 52.1. The van der Waals surface area contributed by atoms with Gasteiger partial charge in [-0.1, -0.05) is 12.1 Å². The Hall–Kier alpha value is -1.30. The van der Waals surface area contributed by atoms with Gasteiger partial charge >= 0.3 is 6.61 Å². The van der Waals surface area contributed by atoms with Gasteiger partial charge < -0.3 is 10.5 Å². The molecule has 0 bridgehead atoms. The first-order chi connectivity index (χ1) is 7.00. The fourth-order valence-corrected chi connectivity index (χ4v) is 1.04. The molecule has 6 heteroatoms. The minimum atomic E-state index is -2.98. The highest BCUT2D eigenvalue weighted by Gasteiger charge is 2.18. The van der Waals surface area contributed by atoms with E-state index in [0.29, 0.717) is 0 Å². The van der Waals surface area contributed by atoms with Crippen LogP contribution >= 0.6 is 0 Å². The van der Waals surface area contributed by atoms with Gasteiger partial charge in [-0.2, -0.15) is 8.78 Å². The highest BCUT2D eigenvalue weighted by Crippen LogP contribution is 2.23. The largest absolute Gasteiger partial charge is 0.435 e. The smallest absolute Gasteiger partial charge is 0.387 e. The summed E-state index contributed by atoms with van der Waals surface area (Å²) in [4.78, 5) is 0. The lowest BCUT2D eigenvalue weighted by atomic mass is 10.1. The second-order valence-corrected chi connectivity index (χ2v) is 2.81. The maximum Gasteiger partial charge on any atom is 0.387 e. The molecule has 84 valence electrons. The molecule has 0 aliphatic rings. The molecular weight excluding hydrogens is 214 g/mol. The lowest BCUT2D eigenvalue weighted by Crippen LogP contribution is -2.18. The lowest BCUT2D eigenvalue weighted by molar-refractivity contribution is -0.0499. The van der Waals surface area contributed by atoms with E-state index in [1.165, 1.54) is 18.2 Å². The number of hydrogen-bond donors (Lipinski definition) is 1. The number of alkyl halides is 4. The molecule has 1 atom stereocenters. The Balaban J connectivity index is 2.82. The van der Waals surface area contributed by atoms with Gasteiger partial charge in [-0.05, 0) is 17.7 Å². The lowest BCUT2D eigenvalue weighted by Gasteiger charge is -2.12. The summed E-state index contributed by atoms with van der Waals surface area (Å²) in [6.07, 6.45) is -2.74. The van der Waals surface area contributed by atoms with Crippen molar-refractivity contribution in [3.05, 3.63) is 29.8 Å². The van der Waals surface area contributed by atoms with Crippen LogP contribution in [0.5, 0.6) is 5.75 Å². The molecule has 0 fully saturated rings. The van der Waals surface area contributed by atoms with Gasteiger partial charge in [0.25, 0.3) is 6.43 Å². The minimum Gasteiger partial charge on any atom is -0.435 e. The molecule has 0 amide bonds. The van der Waals surface area contributed by atoms with Crippen molar-refractivity contribution in [2.45, 2.75) is 19.1 Å². The average molecular weight is 223 g/mol. The summed E-state index contributed by atoms with van der Waals surface area (Å²) in [5.41, 5.74) is 5.20. The summed E-state index contributed by atoms with van der Waals surface area (Å²) >= 11 is 0. The monoisotopic (exact) mass is 223 g/mol. The molecule has 0 radical (unpaired) electrons. The molecule has 0 heterocycles. The summed E-state index contributed by atoms with van der Waals surface area (Å²) in [5, 5.41) is 0. The highest BCUT2D eigenvalue weighted by atomic mass is 19.3. The van der Waals surface area contributed by atoms with E-state index in [0.717, 1.165) is 6.07 Å². The van der Waals surface area contributed by atoms with Crippen molar-refractivity contribution in [3.8, 4) is 5.75 Å². The van der Waals surface area contributed by atoms with Crippen LogP contribution in [-0.2, 0) is 0 Å². The number of ether oxygens (including phenoxy) is 1. The topological polar surface area (TPSA) is 35.2 Å². The maximum absolute atomic E-state index is 12.2. The van der Waals surface area contributed by atoms with Crippen LogP contribution in [0.2, 0.25) is 0 Å². The summed E-state index contributed by atoms with van der Waals surface area (Å²) in [6, 6.07) is 3.48. The Labute approximate surface area is 83.6 Å². The zero-order valence-corrected chi connectivity index (χ0v) is 7.54. The molecule has 2 nitrogen and oxygen atoms in total. The quantitative estimate of drug-likeness (QED) is 0.796. The van der Waals surface area contributed by atoms with E-state index in [4.69, 9.17) is 5.73 Å². The van der Waals surface area contributed by atoms with E-state index >= 15 is 0 Å². The molecule has 0 saturated carbocycles. The Morgan fingerprint density at radius 2 is 1.80 bits per heavy atom. The van der Waals surface area contributed by atoms with E-state index in [9.17, 15) is 17.6 Å². The molecule has 0 aliphatic heterocycles. The molecule has 1 rings (SSSR count). The Kier molecular flexibility index (Phi) is 3.90. The van der Waals surface area contributed by atoms with Gasteiger partial charge in [0.1, 0.15) is 5.75 Å². The molecular formula is C9H9F4NO. The number of halogens is 4. The predicted octanol–water partition coefficient (Wildman–Crippen LogP) is 2.55. The Morgan fingerprint density at radius 3 is 2.33 bits per heavy atom. The first kappa shape index (κ1) is 11.8. The van der Waals surface area contributed by atoms with Crippen molar-refractivity contribution in [1.82, 2.24) is 0 Å². The van der Waals surface area contributed by atoms with Crippen LogP contribution in [0, 0.1) is 0 Å². The molecule has 0 spiro atoms. The van der Waals surface area contributed by atoms with Crippen molar-refractivity contribution in [1.29, 1.82) is 0 Å². The van der Waals surface area contributed by atoms with Gasteiger partial charge in [-0.3, -0.25) is 0 Å². The highest BCUT2D eigenvalue weighted by molar-refractivity contribution is 5.30. The third kappa shape index (κ3) is 3.39. The Morgan fingerprint density at radius 1 is 1.13 bits per heavy atom. The van der Waals surface area contributed by atoms with E-state index < -0.39 is 19.1 Å². The number of rotatable bonds is 4. The molecule has 1 aromatic carbocycles. The fourth-order valence-electron chi connectivity index (χ4n) is 1.04. The van der Waals surface area contributed by atoms with Crippen LogP contribution in [0.15, 0.2) is 24.3 Å². The second kappa shape index (κ2) is 4.97. The summed E-state index contributed by atoms with van der Waals surface area (Å²) in [7, 11) is 0. The number of benzene rings is 1. The molecule has 0 aliphatic carbocycles. The maximum atomic E-state index is 12.2. The van der Waals surface area contributed by atoms with Crippen LogP contribution in [-0.4, -0.2) is 13.0 Å². The van der Waals surface area contributed by atoms with Gasteiger partial charge in [0.2, 0.25) is 0 Å². The minimum absolute atomic E-state index is 0.0585. The van der Waals surface area contributed by atoms with Crippen molar-refractivity contribution in [2.75, 3.05) is 0 Å². The number of hydrogen-bond acceptors (Lipinski definition) is 2. The van der Waals surface area contributed by atoms with Crippen molar-refractivity contribution < 1.29 is 22.3 Å². The molecule has 0 aromatic heterocycles. The molecule has 2 N–H and O–H groups in total. The van der Waals surface area contributed by atoms with E-state index in [1.807, 2.05) is 0 Å². The Bertz CT molecular complexity index is 319. The summed E-state index contributed by atoms with van der Waals surface area (Å²) in [5.74, 6) is -0.182. The third-order valence-electron chi connectivity index (χ3n) is 1.74. The molecule has 0 saturated heterocycles. The number of nitrogens with two attached hydrogens (primary N) is 1.